The second kappa shape index (κ2) is 4.74. The maximum Gasteiger partial charge on any atom is 0.0994 e. The molecule has 1 saturated heterocycles. The molecule has 2 nitrogen and oxygen atoms in total. The molecule has 0 amide bonds. The lowest BCUT2D eigenvalue weighted by molar-refractivity contribution is 0.227. The highest BCUT2D eigenvalue weighted by Gasteiger charge is 2.39. The van der Waals surface area contributed by atoms with Gasteiger partial charge in [-0.05, 0) is 56.0 Å². The molecule has 0 N–H and O–H groups in total. The molecule has 0 radical (unpaired) electrons. The van der Waals surface area contributed by atoms with Crippen molar-refractivity contribution in [1.29, 1.82) is 5.26 Å². The summed E-state index contributed by atoms with van der Waals surface area (Å²) in [6.45, 7) is 4.68. The van der Waals surface area contributed by atoms with Crippen LogP contribution in [-0.4, -0.2) is 24.0 Å². The Labute approximate surface area is 109 Å². The number of fused-ring (bicyclic) bond motifs is 3. The van der Waals surface area contributed by atoms with E-state index in [0.29, 0.717) is 12.0 Å². The first-order chi connectivity index (χ1) is 8.85. The zero-order chi connectivity index (χ0) is 12.5. The second-order valence-corrected chi connectivity index (χ2v) is 5.53. The number of hydrogen-bond acceptors (Lipinski definition) is 2. The third-order valence-corrected chi connectivity index (χ3v) is 4.57. The molecule has 1 aromatic carbocycles. The van der Waals surface area contributed by atoms with E-state index in [1.54, 1.807) is 0 Å². The van der Waals surface area contributed by atoms with Gasteiger partial charge in [0.2, 0.25) is 0 Å². The van der Waals surface area contributed by atoms with E-state index in [4.69, 9.17) is 0 Å². The number of aryl methyl sites for hydroxylation is 1. The minimum atomic E-state index is 0.608. The highest BCUT2D eigenvalue weighted by atomic mass is 15.2. The van der Waals surface area contributed by atoms with Gasteiger partial charge in [-0.2, -0.15) is 5.26 Å². The molecule has 0 bridgehead atoms. The van der Waals surface area contributed by atoms with Crippen molar-refractivity contribution in [3.63, 3.8) is 0 Å². The zero-order valence-electron chi connectivity index (χ0n) is 11.0. The van der Waals surface area contributed by atoms with Gasteiger partial charge >= 0.3 is 0 Å². The zero-order valence-corrected chi connectivity index (χ0v) is 11.0. The number of hydrogen-bond donors (Lipinski definition) is 0. The van der Waals surface area contributed by atoms with Gasteiger partial charge in [0.15, 0.2) is 0 Å². The Morgan fingerprint density at radius 1 is 1.39 bits per heavy atom. The van der Waals surface area contributed by atoms with Crippen LogP contribution in [0.2, 0.25) is 0 Å². The predicted molar refractivity (Wildman–Crippen MR) is 72.5 cm³/mol. The van der Waals surface area contributed by atoms with Crippen LogP contribution in [-0.2, 0) is 6.42 Å². The smallest absolute Gasteiger partial charge is 0.0994 e. The van der Waals surface area contributed by atoms with E-state index in [9.17, 15) is 5.26 Å². The van der Waals surface area contributed by atoms with Gasteiger partial charge in [0.05, 0.1) is 11.6 Å². The molecule has 1 aliphatic carbocycles. The monoisotopic (exact) mass is 242 g/mol. The standard InChI is InChI=1S/C16H20N2/c1-2-9-18-10-8-14-15(18)7-6-12-4-3-5-13(11-17)16(12)14/h3-5,14-15H,2,6-10H2,1H3/t14-,15-/m1/s1/i11+2,17+0. The molecule has 0 spiro atoms. The molecule has 1 aliphatic heterocycles. The highest BCUT2D eigenvalue weighted by molar-refractivity contribution is 5.47. The summed E-state index contributed by atoms with van der Waals surface area (Å²) in [6, 6.07) is 9.33. The van der Waals surface area contributed by atoms with Crippen molar-refractivity contribution in [3.05, 3.63) is 34.9 Å². The largest absolute Gasteiger partial charge is 0.300 e. The quantitative estimate of drug-likeness (QED) is 0.797. The van der Waals surface area contributed by atoms with Crippen LogP contribution in [0.1, 0.15) is 48.8 Å². The highest BCUT2D eigenvalue weighted by Crippen LogP contribution is 2.42. The van der Waals surface area contributed by atoms with Gasteiger partial charge < -0.3 is 0 Å². The fourth-order valence-electron chi connectivity index (χ4n) is 3.87. The van der Waals surface area contributed by atoms with Crippen molar-refractivity contribution >= 4 is 0 Å². The van der Waals surface area contributed by atoms with E-state index in [1.165, 1.54) is 43.5 Å². The van der Waals surface area contributed by atoms with E-state index < -0.39 is 0 Å². The first kappa shape index (κ1) is 11.7. The van der Waals surface area contributed by atoms with E-state index in [0.717, 1.165) is 12.0 Å². The Balaban J connectivity index is 1.97. The summed E-state index contributed by atoms with van der Waals surface area (Å²) in [5, 5.41) is 9.32. The van der Waals surface area contributed by atoms with Crippen LogP contribution in [0.5, 0.6) is 0 Å². The Bertz CT molecular complexity index is 486. The number of likely N-dealkylation sites (tertiary alicyclic amines) is 1. The SMILES string of the molecule is CCCN1CC[C@H]2c3c(cccc3[14C]#[14N])CC[C@H]21. The molecule has 94 valence electrons. The number of nitrogens with zero attached hydrogens (tertiary/aromatic N) is 2. The maximum atomic E-state index is 9.32. The Morgan fingerprint density at radius 2 is 2.28 bits per heavy atom. The lowest BCUT2D eigenvalue weighted by Gasteiger charge is -2.33. The molecular weight excluding hydrogens is 222 g/mol. The average Bonchev–Trinajstić information content (AvgIpc) is 2.82. The summed E-state index contributed by atoms with van der Waals surface area (Å²) in [4.78, 5) is 2.64. The summed E-state index contributed by atoms with van der Waals surface area (Å²) in [7, 11) is 0. The van der Waals surface area contributed by atoms with Crippen molar-refractivity contribution in [2.75, 3.05) is 13.1 Å². The molecular formula is C16H20N2. The average molecular weight is 242 g/mol. The van der Waals surface area contributed by atoms with Crippen molar-refractivity contribution in [1.82, 2.24) is 4.90 Å². The summed E-state index contributed by atoms with van der Waals surface area (Å²) < 4.78 is 0. The molecule has 2 atom stereocenters. The minimum Gasteiger partial charge on any atom is -0.300 e. The van der Waals surface area contributed by atoms with Gasteiger partial charge in [-0.3, -0.25) is 4.90 Å². The van der Waals surface area contributed by atoms with Gasteiger partial charge in [0, 0.05) is 12.0 Å². The first-order valence-corrected chi connectivity index (χ1v) is 7.11. The Hall–Kier alpha value is -1.33. The van der Waals surface area contributed by atoms with Crippen LogP contribution >= 0.6 is 0 Å². The van der Waals surface area contributed by atoms with Gasteiger partial charge in [-0.15, -0.1) is 0 Å². The molecule has 2 aliphatic rings. The first-order valence-electron chi connectivity index (χ1n) is 7.11. The number of benzene rings is 1. The molecule has 2 heteroatoms. The van der Waals surface area contributed by atoms with E-state index in [1.807, 2.05) is 12.1 Å². The third kappa shape index (κ3) is 1.74. The van der Waals surface area contributed by atoms with Crippen LogP contribution in [0.15, 0.2) is 18.2 Å². The molecule has 18 heavy (non-hydrogen) atoms. The topological polar surface area (TPSA) is 27.0 Å². The Morgan fingerprint density at radius 3 is 3.06 bits per heavy atom. The number of rotatable bonds is 2. The fourth-order valence-corrected chi connectivity index (χ4v) is 3.87. The van der Waals surface area contributed by atoms with Crippen molar-refractivity contribution < 1.29 is 0 Å². The molecule has 0 saturated carbocycles. The molecule has 0 unspecified atom stereocenters. The van der Waals surface area contributed by atoms with E-state index in [-0.39, 0.29) is 0 Å². The lowest BCUT2D eigenvalue weighted by Crippen LogP contribution is -2.35. The molecule has 1 fully saturated rings. The number of nitriles is 1. The third-order valence-electron chi connectivity index (χ3n) is 4.57. The van der Waals surface area contributed by atoms with Crippen LogP contribution < -0.4 is 0 Å². The normalized spacial score (nSPS) is 26.4. The van der Waals surface area contributed by atoms with Crippen LogP contribution in [0.25, 0.3) is 0 Å². The van der Waals surface area contributed by atoms with Crippen molar-refractivity contribution in [2.24, 2.45) is 0 Å². The fraction of sp³-hybridized carbons (Fsp3) is 0.562. The van der Waals surface area contributed by atoms with Crippen LogP contribution in [0, 0.1) is 11.3 Å². The predicted octanol–water partition coefficient (Wildman–Crippen LogP) is 3.07. The summed E-state index contributed by atoms with van der Waals surface area (Å²) in [5.74, 6) is 0.608. The van der Waals surface area contributed by atoms with Gasteiger partial charge in [0.1, 0.15) is 0 Å². The van der Waals surface area contributed by atoms with Gasteiger partial charge in [-0.1, -0.05) is 19.1 Å². The van der Waals surface area contributed by atoms with Crippen LogP contribution in [0.3, 0.4) is 0 Å². The van der Waals surface area contributed by atoms with E-state index >= 15 is 0 Å². The summed E-state index contributed by atoms with van der Waals surface area (Å²) in [5.41, 5.74) is 3.71. The maximum absolute atomic E-state index is 9.32. The second-order valence-electron chi connectivity index (χ2n) is 5.53. The summed E-state index contributed by atoms with van der Waals surface area (Å²) in [6.07, 6.45) is 4.88. The molecule has 1 heterocycles. The van der Waals surface area contributed by atoms with Crippen molar-refractivity contribution in [2.45, 2.75) is 44.6 Å². The minimum absolute atomic E-state index is 0.608. The molecule has 0 aromatic heterocycles. The van der Waals surface area contributed by atoms with Crippen LogP contribution in [0.4, 0.5) is 0 Å². The van der Waals surface area contributed by atoms with E-state index in [2.05, 4.69) is 24.0 Å². The summed E-state index contributed by atoms with van der Waals surface area (Å²) >= 11 is 0. The molecule has 3 rings (SSSR count). The van der Waals surface area contributed by atoms with Crippen molar-refractivity contribution in [3.8, 4) is 6.07 Å². The van der Waals surface area contributed by atoms with Gasteiger partial charge in [-0.25, -0.2) is 0 Å². The van der Waals surface area contributed by atoms with Gasteiger partial charge in [0.25, 0.3) is 0 Å². The lowest BCUT2D eigenvalue weighted by atomic mass is 9.78. The Kier molecular flexibility index (Phi) is 3.09. The molecule has 1 aromatic rings.